The zero-order chi connectivity index (χ0) is 22.0. The van der Waals surface area contributed by atoms with Crippen LogP contribution in [0.2, 0.25) is 0 Å². The van der Waals surface area contributed by atoms with Gasteiger partial charge in [-0.25, -0.2) is 8.42 Å². The summed E-state index contributed by atoms with van der Waals surface area (Å²) in [4.78, 5) is 13.2. The van der Waals surface area contributed by atoms with Crippen LogP contribution in [0.1, 0.15) is 29.5 Å². The molecule has 1 aliphatic rings. The van der Waals surface area contributed by atoms with Crippen LogP contribution in [0.5, 0.6) is 0 Å². The van der Waals surface area contributed by atoms with Gasteiger partial charge in [0.2, 0.25) is 15.9 Å². The second kappa shape index (κ2) is 8.81. The van der Waals surface area contributed by atoms with E-state index in [1.165, 1.54) is 4.31 Å². The summed E-state index contributed by atoms with van der Waals surface area (Å²) in [7, 11) is -3.62. The molecule has 3 aromatic rings. The van der Waals surface area contributed by atoms with Gasteiger partial charge in [0, 0.05) is 19.6 Å². The fourth-order valence-corrected chi connectivity index (χ4v) is 6.11. The Labute approximate surface area is 184 Å². The number of nitrogens with zero attached hydrogens (tertiary/aromatic N) is 1. The van der Waals surface area contributed by atoms with E-state index in [2.05, 4.69) is 23.5 Å². The number of amides is 1. The van der Waals surface area contributed by atoms with Crippen molar-refractivity contribution in [3.63, 3.8) is 0 Å². The molecule has 0 aliphatic carbocycles. The third kappa shape index (κ3) is 4.50. The summed E-state index contributed by atoms with van der Waals surface area (Å²) in [6.07, 6.45) is 1.37. The lowest BCUT2D eigenvalue weighted by molar-refractivity contribution is -0.126. The topological polar surface area (TPSA) is 66.5 Å². The Morgan fingerprint density at radius 1 is 1.06 bits per heavy atom. The largest absolute Gasteiger partial charge is 0.352 e. The van der Waals surface area contributed by atoms with E-state index in [4.69, 9.17) is 0 Å². The third-order valence-corrected chi connectivity index (χ3v) is 8.06. The van der Waals surface area contributed by atoms with E-state index < -0.39 is 10.0 Å². The summed E-state index contributed by atoms with van der Waals surface area (Å²) in [6.45, 7) is 4.79. The highest BCUT2D eigenvalue weighted by Crippen LogP contribution is 2.27. The Bertz CT molecular complexity index is 1220. The molecule has 1 N–H and O–H groups in total. The summed E-state index contributed by atoms with van der Waals surface area (Å²) < 4.78 is 28.0. The average Bonchev–Trinajstić information content (AvgIpc) is 2.79. The van der Waals surface area contributed by atoms with Crippen LogP contribution in [-0.2, 0) is 21.4 Å². The molecule has 1 aliphatic heterocycles. The molecule has 0 spiro atoms. The lowest BCUT2D eigenvalue weighted by Gasteiger charge is -2.31. The first-order valence-corrected chi connectivity index (χ1v) is 12.1. The Kier molecular flexibility index (Phi) is 6.12. The number of fused-ring (bicyclic) bond motifs is 1. The zero-order valence-corrected chi connectivity index (χ0v) is 18.8. The molecule has 0 radical (unpaired) electrons. The van der Waals surface area contributed by atoms with Crippen molar-refractivity contribution in [3.05, 3.63) is 77.4 Å². The molecule has 0 bridgehead atoms. The van der Waals surface area contributed by atoms with E-state index in [0.29, 0.717) is 30.8 Å². The molecule has 3 aromatic carbocycles. The highest BCUT2D eigenvalue weighted by atomic mass is 32.2. The minimum absolute atomic E-state index is 0.0891. The van der Waals surface area contributed by atoms with Crippen LogP contribution >= 0.6 is 0 Å². The molecule has 1 atom stereocenters. The first-order valence-electron chi connectivity index (χ1n) is 10.7. The van der Waals surface area contributed by atoms with Crippen molar-refractivity contribution in [2.24, 2.45) is 5.92 Å². The third-order valence-electron chi connectivity index (χ3n) is 6.05. The number of rotatable bonds is 5. The highest BCUT2D eigenvalue weighted by Gasteiger charge is 2.34. The molecular weight excluding hydrogens is 408 g/mol. The summed E-state index contributed by atoms with van der Waals surface area (Å²) in [5, 5.41) is 5.29. The van der Waals surface area contributed by atoms with Gasteiger partial charge in [-0.1, -0.05) is 54.6 Å². The van der Waals surface area contributed by atoms with Crippen LogP contribution in [-0.4, -0.2) is 31.7 Å². The van der Waals surface area contributed by atoms with Gasteiger partial charge in [0.1, 0.15) is 0 Å². The maximum Gasteiger partial charge on any atom is 0.243 e. The second-order valence-electron chi connectivity index (χ2n) is 8.33. The predicted octanol–water partition coefficient (Wildman–Crippen LogP) is 4.17. The maximum absolute atomic E-state index is 13.2. The number of nitrogens with one attached hydrogen (secondary N) is 1. The lowest BCUT2D eigenvalue weighted by atomic mass is 9.98. The molecule has 1 fully saturated rings. The van der Waals surface area contributed by atoms with Gasteiger partial charge in [0.05, 0.1) is 10.8 Å². The monoisotopic (exact) mass is 436 g/mol. The fraction of sp³-hybridized carbons (Fsp3) is 0.320. The molecule has 0 aromatic heterocycles. The SMILES string of the molecule is Cc1ccc(C)c(S(=O)(=O)N2CCC[C@H](C(=O)NCc3cccc4ccccc34)C2)c1. The number of sulfonamides is 1. The van der Waals surface area contributed by atoms with Crippen LogP contribution < -0.4 is 5.32 Å². The summed E-state index contributed by atoms with van der Waals surface area (Å²) in [6, 6.07) is 19.6. The minimum Gasteiger partial charge on any atom is -0.352 e. The van der Waals surface area contributed by atoms with Crippen LogP contribution in [0.25, 0.3) is 10.8 Å². The molecule has 0 saturated carbocycles. The standard InChI is InChI=1S/C25H28N2O3S/c1-18-12-13-19(2)24(15-18)31(29,30)27-14-6-10-22(17-27)25(28)26-16-21-9-5-8-20-7-3-4-11-23(20)21/h3-5,7-9,11-13,15,22H,6,10,14,16-17H2,1-2H3,(H,26,28)/t22-/m0/s1. The summed E-state index contributed by atoms with van der Waals surface area (Å²) in [5.74, 6) is -0.433. The molecule has 1 heterocycles. The first kappa shape index (κ1) is 21.5. The van der Waals surface area contributed by atoms with Crippen molar-refractivity contribution in [2.75, 3.05) is 13.1 Å². The molecule has 1 amide bonds. The number of hydrogen-bond acceptors (Lipinski definition) is 3. The van der Waals surface area contributed by atoms with E-state index in [1.54, 1.807) is 6.07 Å². The molecule has 5 nitrogen and oxygen atoms in total. The number of carbonyl (C=O) groups excluding carboxylic acids is 1. The van der Waals surface area contributed by atoms with E-state index in [1.807, 2.05) is 50.2 Å². The Hall–Kier alpha value is -2.70. The Balaban J connectivity index is 1.47. The Morgan fingerprint density at radius 3 is 2.68 bits per heavy atom. The predicted molar refractivity (Wildman–Crippen MR) is 123 cm³/mol. The van der Waals surface area contributed by atoms with Crippen molar-refractivity contribution >= 4 is 26.7 Å². The smallest absolute Gasteiger partial charge is 0.243 e. The number of carbonyl (C=O) groups is 1. The van der Waals surface area contributed by atoms with Crippen molar-refractivity contribution in [3.8, 4) is 0 Å². The van der Waals surface area contributed by atoms with Gasteiger partial charge < -0.3 is 5.32 Å². The maximum atomic E-state index is 13.2. The Morgan fingerprint density at radius 2 is 1.84 bits per heavy atom. The summed E-state index contributed by atoms with van der Waals surface area (Å²) in [5.41, 5.74) is 2.70. The van der Waals surface area contributed by atoms with Gasteiger partial charge in [0.15, 0.2) is 0 Å². The normalized spacial score (nSPS) is 17.5. The quantitative estimate of drug-likeness (QED) is 0.653. The second-order valence-corrected chi connectivity index (χ2v) is 10.2. The van der Waals surface area contributed by atoms with Crippen molar-refractivity contribution in [1.82, 2.24) is 9.62 Å². The molecule has 6 heteroatoms. The number of hydrogen-bond donors (Lipinski definition) is 1. The molecule has 1 saturated heterocycles. The van der Waals surface area contributed by atoms with Crippen molar-refractivity contribution in [2.45, 2.75) is 38.1 Å². The van der Waals surface area contributed by atoms with Gasteiger partial charge in [-0.15, -0.1) is 0 Å². The van der Waals surface area contributed by atoms with Gasteiger partial charge in [-0.2, -0.15) is 4.31 Å². The number of benzene rings is 3. The molecule has 162 valence electrons. The van der Waals surface area contributed by atoms with Crippen LogP contribution in [0.4, 0.5) is 0 Å². The molecule has 0 unspecified atom stereocenters. The highest BCUT2D eigenvalue weighted by molar-refractivity contribution is 7.89. The van der Waals surface area contributed by atoms with Crippen LogP contribution in [0.15, 0.2) is 65.6 Å². The van der Waals surface area contributed by atoms with Gasteiger partial charge in [-0.3, -0.25) is 4.79 Å². The number of aryl methyl sites for hydroxylation is 2. The van der Waals surface area contributed by atoms with Crippen molar-refractivity contribution < 1.29 is 13.2 Å². The summed E-state index contributed by atoms with van der Waals surface area (Å²) >= 11 is 0. The average molecular weight is 437 g/mol. The van der Waals surface area contributed by atoms with E-state index >= 15 is 0 Å². The van der Waals surface area contributed by atoms with E-state index in [-0.39, 0.29) is 18.4 Å². The van der Waals surface area contributed by atoms with E-state index in [9.17, 15) is 13.2 Å². The first-order chi connectivity index (χ1) is 14.9. The molecular formula is C25H28N2O3S. The van der Waals surface area contributed by atoms with Crippen LogP contribution in [0.3, 0.4) is 0 Å². The molecule has 31 heavy (non-hydrogen) atoms. The van der Waals surface area contributed by atoms with E-state index in [0.717, 1.165) is 27.5 Å². The lowest BCUT2D eigenvalue weighted by Crippen LogP contribution is -2.45. The minimum atomic E-state index is -3.62. The van der Waals surface area contributed by atoms with Gasteiger partial charge >= 0.3 is 0 Å². The van der Waals surface area contributed by atoms with Gasteiger partial charge in [0.25, 0.3) is 0 Å². The number of piperidine rings is 1. The fourth-order valence-electron chi connectivity index (χ4n) is 4.27. The zero-order valence-electron chi connectivity index (χ0n) is 18.0. The molecule has 4 rings (SSSR count). The van der Waals surface area contributed by atoms with Gasteiger partial charge in [-0.05, 0) is 60.2 Å². The van der Waals surface area contributed by atoms with Crippen molar-refractivity contribution in [1.29, 1.82) is 0 Å². The van der Waals surface area contributed by atoms with Crippen LogP contribution in [0, 0.1) is 19.8 Å².